The summed E-state index contributed by atoms with van der Waals surface area (Å²) >= 11 is 0. The highest BCUT2D eigenvalue weighted by atomic mass is 19.1. The third kappa shape index (κ3) is 3.88. The maximum atomic E-state index is 13.8. The van der Waals surface area contributed by atoms with E-state index in [1.807, 2.05) is 38.3 Å². The second-order valence-corrected chi connectivity index (χ2v) is 8.92. The highest BCUT2D eigenvalue weighted by Crippen LogP contribution is 2.44. The summed E-state index contributed by atoms with van der Waals surface area (Å²) in [5, 5.41) is 6.19. The molecule has 1 amide bonds. The summed E-state index contributed by atoms with van der Waals surface area (Å²) in [6.45, 7) is 6.43. The Labute approximate surface area is 186 Å². The third-order valence-corrected chi connectivity index (χ3v) is 6.25. The summed E-state index contributed by atoms with van der Waals surface area (Å²) in [7, 11) is 0. The molecule has 0 bridgehead atoms. The second-order valence-electron chi connectivity index (χ2n) is 8.92. The van der Waals surface area contributed by atoms with Crippen LogP contribution in [0.25, 0.3) is 11.1 Å². The van der Waals surface area contributed by atoms with Crippen LogP contribution in [0.2, 0.25) is 0 Å². The lowest BCUT2D eigenvalue weighted by molar-refractivity contribution is -0.111. The number of hydrogen-bond donors (Lipinski definition) is 2. The van der Waals surface area contributed by atoms with Crippen molar-refractivity contribution >= 4 is 28.6 Å². The fraction of sp³-hybridized carbons (Fsp3) is 0.360. The van der Waals surface area contributed by atoms with Gasteiger partial charge in [-0.2, -0.15) is 0 Å². The van der Waals surface area contributed by atoms with E-state index in [9.17, 15) is 9.18 Å². The minimum Gasteiger partial charge on any atom is -0.482 e. The number of ether oxygens (including phenoxy) is 2. The van der Waals surface area contributed by atoms with Gasteiger partial charge in [-0.3, -0.25) is 4.79 Å². The van der Waals surface area contributed by atoms with Gasteiger partial charge in [0.1, 0.15) is 23.0 Å². The van der Waals surface area contributed by atoms with Crippen LogP contribution in [0, 0.1) is 11.7 Å². The molecule has 1 aromatic heterocycles. The Morgan fingerprint density at radius 3 is 2.78 bits per heavy atom. The summed E-state index contributed by atoms with van der Waals surface area (Å²) in [4.78, 5) is 17.2. The number of carbonyl (C=O) groups excluding carboxylic acids is 1. The topological polar surface area (TPSA) is 72.5 Å². The molecule has 0 saturated carbocycles. The van der Waals surface area contributed by atoms with Crippen molar-refractivity contribution < 1.29 is 18.7 Å². The number of pyridine rings is 1. The van der Waals surface area contributed by atoms with Crippen molar-refractivity contribution in [3.8, 4) is 0 Å². The zero-order chi connectivity index (χ0) is 22.3. The summed E-state index contributed by atoms with van der Waals surface area (Å²) in [5.41, 5.74) is 2.64. The van der Waals surface area contributed by atoms with E-state index in [2.05, 4.69) is 15.6 Å². The molecule has 3 aliphatic heterocycles. The molecule has 3 aliphatic rings. The van der Waals surface area contributed by atoms with Gasteiger partial charge in [0.2, 0.25) is 0 Å². The molecule has 0 aliphatic carbocycles. The maximum Gasteiger partial charge on any atom is 0.260 e. The number of aromatic nitrogens is 1. The molecule has 0 spiro atoms. The Hall–Kier alpha value is -3.19. The molecular weight excluding hydrogens is 409 g/mol. The Morgan fingerprint density at radius 1 is 1.22 bits per heavy atom. The Kier molecular flexibility index (Phi) is 5.21. The smallest absolute Gasteiger partial charge is 0.260 e. The van der Waals surface area contributed by atoms with Gasteiger partial charge in [0, 0.05) is 48.3 Å². The molecular formula is C25H26FN3O3. The molecule has 0 unspecified atom stereocenters. The monoisotopic (exact) mass is 435 g/mol. The molecule has 32 heavy (non-hydrogen) atoms. The van der Waals surface area contributed by atoms with Crippen molar-refractivity contribution in [3.05, 3.63) is 65.3 Å². The van der Waals surface area contributed by atoms with Gasteiger partial charge < -0.3 is 20.1 Å². The normalized spacial score (nSPS) is 22.2. The molecule has 2 N–H and O–H groups in total. The van der Waals surface area contributed by atoms with Crippen LogP contribution in [0.15, 0.2) is 48.4 Å². The van der Waals surface area contributed by atoms with E-state index in [4.69, 9.17) is 9.47 Å². The molecule has 4 heterocycles. The van der Waals surface area contributed by atoms with Crippen molar-refractivity contribution in [2.24, 2.45) is 5.92 Å². The zero-order valence-corrected chi connectivity index (χ0v) is 18.2. The van der Waals surface area contributed by atoms with E-state index < -0.39 is 11.4 Å². The Bertz CT molecular complexity index is 1120. The zero-order valence-electron chi connectivity index (χ0n) is 18.2. The van der Waals surface area contributed by atoms with Crippen LogP contribution in [0.4, 0.5) is 15.9 Å². The number of rotatable bonds is 4. The Balaban J connectivity index is 1.40. The van der Waals surface area contributed by atoms with Gasteiger partial charge in [-0.15, -0.1) is 0 Å². The van der Waals surface area contributed by atoms with E-state index in [-0.39, 0.29) is 5.91 Å². The predicted octanol–water partition coefficient (Wildman–Crippen LogP) is 4.61. The minimum absolute atomic E-state index is 0.292. The molecule has 0 radical (unpaired) electrons. The van der Waals surface area contributed by atoms with Crippen molar-refractivity contribution in [1.29, 1.82) is 0 Å². The van der Waals surface area contributed by atoms with Crippen LogP contribution in [0.3, 0.4) is 0 Å². The van der Waals surface area contributed by atoms with Crippen molar-refractivity contribution in [2.45, 2.75) is 32.3 Å². The number of amides is 1. The lowest BCUT2D eigenvalue weighted by Crippen LogP contribution is -2.23. The molecule has 1 saturated heterocycles. The third-order valence-electron chi connectivity index (χ3n) is 6.25. The van der Waals surface area contributed by atoms with Gasteiger partial charge in [-0.25, -0.2) is 9.37 Å². The van der Waals surface area contributed by atoms with E-state index in [0.717, 1.165) is 49.6 Å². The molecule has 5 rings (SSSR count). The van der Waals surface area contributed by atoms with Gasteiger partial charge in [-0.05, 0) is 69.0 Å². The largest absolute Gasteiger partial charge is 0.482 e. The number of benzene rings is 1. The SMILES string of the molecule is CC1(C)O/C(=C2/C(=O)Nc3ccc(F)cc32)C=C1c1ccc(NCC2CCOCC2)nc1. The van der Waals surface area contributed by atoms with E-state index in [0.29, 0.717) is 28.5 Å². The van der Waals surface area contributed by atoms with Gasteiger partial charge in [-0.1, -0.05) is 0 Å². The van der Waals surface area contributed by atoms with Crippen LogP contribution >= 0.6 is 0 Å². The number of nitrogens with zero attached hydrogens (tertiary/aromatic N) is 1. The van der Waals surface area contributed by atoms with Crippen LogP contribution in [-0.4, -0.2) is 36.3 Å². The number of allylic oxidation sites excluding steroid dienone is 1. The van der Waals surface area contributed by atoms with Gasteiger partial charge in [0.05, 0.1) is 5.57 Å². The highest BCUT2D eigenvalue weighted by Gasteiger charge is 2.38. The molecule has 0 atom stereocenters. The van der Waals surface area contributed by atoms with Crippen molar-refractivity contribution in [1.82, 2.24) is 4.98 Å². The predicted molar refractivity (Wildman–Crippen MR) is 121 cm³/mol. The number of fused-ring (bicyclic) bond motifs is 1. The van der Waals surface area contributed by atoms with Gasteiger partial charge >= 0.3 is 0 Å². The van der Waals surface area contributed by atoms with Crippen LogP contribution in [-0.2, 0) is 14.3 Å². The lowest BCUT2D eigenvalue weighted by atomic mass is 9.93. The molecule has 166 valence electrons. The van der Waals surface area contributed by atoms with Crippen molar-refractivity contribution in [2.75, 3.05) is 30.4 Å². The number of halogens is 1. The lowest BCUT2D eigenvalue weighted by Gasteiger charge is -2.24. The summed E-state index contributed by atoms with van der Waals surface area (Å²) in [6.07, 6.45) is 5.82. The summed E-state index contributed by atoms with van der Waals surface area (Å²) in [6, 6.07) is 8.22. The van der Waals surface area contributed by atoms with Crippen LogP contribution < -0.4 is 10.6 Å². The second kappa shape index (κ2) is 8.06. The molecule has 2 aromatic rings. The fourth-order valence-electron chi connectivity index (χ4n) is 4.46. The van der Waals surface area contributed by atoms with Crippen molar-refractivity contribution in [3.63, 3.8) is 0 Å². The summed E-state index contributed by atoms with van der Waals surface area (Å²) in [5.74, 6) is 1.19. The average Bonchev–Trinajstić information content (AvgIpc) is 3.27. The minimum atomic E-state index is -0.655. The van der Waals surface area contributed by atoms with E-state index >= 15 is 0 Å². The average molecular weight is 435 g/mol. The first-order valence-electron chi connectivity index (χ1n) is 11.0. The number of carbonyl (C=O) groups is 1. The highest BCUT2D eigenvalue weighted by molar-refractivity contribution is 6.32. The molecule has 6 nitrogen and oxygen atoms in total. The number of hydrogen-bond acceptors (Lipinski definition) is 5. The van der Waals surface area contributed by atoms with Crippen LogP contribution in [0.1, 0.15) is 37.8 Å². The fourth-order valence-corrected chi connectivity index (χ4v) is 4.46. The van der Waals surface area contributed by atoms with Gasteiger partial charge in [0.15, 0.2) is 0 Å². The number of nitrogens with one attached hydrogen (secondary N) is 2. The maximum absolute atomic E-state index is 13.8. The first kappa shape index (κ1) is 20.7. The van der Waals surface area contributed by atoms with E-state index in [1.165, 1.54) is 12.1 Å². The quantitative estimate of drug-likeness (QED) is 0.686. The summed E-state index contributed by atoms with van der Waals surface area (Å²) < 4.78 is 25.4. The van der Waals surface area contributed by atoms with E-state index in [1.54, 1.807) is 6.07 Å². The molecule has 1 fully saturated rings. The van der Waals surface area contributed by atoms with Gasteiger partial charge in [0.25, 0.3) is 5.91 Å². The first-order valence-corrected chi connectivity index (χ1v) is 11.0. The standard InChI is InChI=1S/C25H26FN3O3/c1-25(2)19(16-3-6-22(28-14-16)27-13-15-7-9-31-10-8-15)12-21(32-25)23-18-11-17(26)4-5-20(18)29-24(23)30/h3-6,11-12,14-15H,7-10,13H2,1-2H3,(H,27,28)(H,29,30)/b23-21+. The number of anilines is 2. The Morgan fingerprint density at radius 2 is 2.03 bits per heavy atom. The molecule has 1 aromatic carbocycles. The first-order chi connectivity index (χ1) is 15.4. The molecule has 7 heteroatoms. The van der Waals surface area contributed by atoms with Crippen LogP contribution in [0.5, 0.6) is 0 Å².